The lowest BCUT2D eigenvalue weighted by Crippen LogP contribution is -2.50. The van der Waals surface area contributed by atoms with Gasteiger partial charge in [-0.2, -0.15) is 0 Å². The van der Waals surface area contributed by atoms with Gasteiger partial charge >= 0.3 is 0 Å². The lowest BCUT2D eigenvalue weighted by Gasteiger charge is -2.33. The zero-order valence-electron chi connectivity index (χ0n) is 13.9. The second-order valence-corrected chi connectivity index (χ2v) is 6.29. The van der Waals surface area contributed by atoms with Gasteiger partial charge in [-0.15, -0.1) is 12.4 Å². The van der Waals surface area contributed by atoms with E-state index in [1.807, 2.05) is 6.92 Å². The predicted molar refractivity (Wildman–Crippen MR) is 95.4 cm³/mol. The van der Waals surface area contributed by atoms with E-state index < -0.39 is 0 Å². The normalized spacial score (nSPS) is 27.4. The van der Waals surface area contributed by atoms with Crippen LogP contribution in [-0.2, 0) is 11.3 Å². The molecule has 1 heterocycles. The molecule has 1 saturated heterocycles. The van der Waals surface area contributed by atoms with E-state index in [0.717, 1.165) is 38.7 Å². The maximum absolute atomic E-state index is 5.64. The molecule has 2 fully saturated rings. The second-order valence-electron chi connectivity index (χ2n) is 6.29. The smallest absolute Gasteiger partial charge is 0.119 e. The van der Waals surface area contributed by atoms with Crippen molar-refractivity contribution in [2.24, 2.45) is 5.92 Å². The minimum absolute atomic E-state index is 0. The van der Waals surface area contributed by atoms with Crippen molar-refractivity contribution in [1.82, 2.24) is 10.6 Å². The Labute approximate surface area is 145 Å². The maximum atomic E-state index is 5.64. The number of benzene rings is 1. The van der Waals surface area contributed by atoms with Gasteiger partial charge in [0.1, 0.15) is 5.75 Å². The summed E-state index contributed by atoms with van der Waals surface area (Å²) in [6.45, 7) is 6.38. The summed E-state index contributed by atoms with van der Waals surface area (Å²) in [6, 6.07) is 9.56. The Morgan fingerprint density at radius 3 is 2.78 bits per heavy atom. The molecule has 3 atom stereocenters. The molecule has 0 aromatic heterocycles. The third kappa shape index (κ3) is 5.08. The Bertz CT molecular complexity index is 449. The van der Waals surface area contributed by atoms with Crippen molar-refractivity contribution < 1.29 is 9.47 Å². The molecule has 5 heteroatoms. The zero-order chi connectivity index (χ0) is 15.2. The SMILES string of the molecule is CCOc1ccc(CNC2CCCC2C2COCCN2)cc1.Cl. The predicted octanol–water partition coefficient (Wildman–Crippen LogP) is 2.75. The van der Waals surface area contributed by atoms with Crippen LogP contribution in [0.25, 0.3) is 0 Å². The van der Waals surface area contributed by atoms with E-state index in [2.05, 4.69) is 34.9 Å². The standard InChI is InChI=1S/C18H28N2O2.ClH/c1-2-22-15-8-6-14(7-9-15)12-20-17-5-3-4-16(17)18-13-21-11-10-19-18;/h6-9,16-20H,2-5,10-13H2,1H3;1H. The minimum atomic E-state index is 0. The highest BCUT2D eigenvalue weighted by molar-refractivity contribution is 5.85. The largest absolute Gasteiger partial charge is 0.494 e. The Balaban J connectivity index is 0.00000192. The number of hydrogen-bond donors (Lipinski definition) is 2. The van der Waals surface area contributed by atoms with E-state index in [-0.39, 0.29) is 12.4 Å². The average Bonchev–Trinajstić information content (AvgIpc) is 3.04. The van der Waals surface area contributed by atoms with Gasteiger partial charge in [0.2, 0.25) is 0 Å². The van der Waals surface area contributed by atoms with Crippen LogP contribution in [0.2, 0.25) is 0 Å². The fraction of sp³-hybridized carbons (Fsp3) is 0.667. The van der Waals surface area contributed by atoms with Crippen LogP contribution < -0.4 is 15.4 Å². The van der Waals surface area contributed by atoms with Gasteiger partial charge in [0.05, 0.1) is 19.8 Å². The highest BCUT2D eigenvalue weighted by Gasteiger charge is 2.34. The first-order valence-electron chi connectivity index (χ1n) is 8.63. The van der Waals surface area contributed by atoms with Crippen LogP contribution in [0.4, 0.5) is 0 Å². The van der Waals surface area contributed by atoms with E-state index in [9.17, 15) is 0 Å². The summed E-state index contributed by atoms with van der Waals surface area (Å²) < 4.78 is 11.1. The molecule has 1 aliphatic heterocycles. The van der Waals surface area contributed by atoms with E-state index in [0.29, 0.717) is 18.0 Å². The Kier molecular flexibility index (Phi) is 7.63. The van der Waals surface area contributed by atoms with E-state index in [1.165, 1.54) is 24.8 Å². The summed E-state index contributed by atoms with van der Waals surface area (Å²) in [5, 5.41) is 7.39. The van der Waals surface area contributed by atoms with Crippen molar-refractivity contribution in [2.45, 2.75) is 44.8 Å². The number of morpholine rings is 1. The van der Waals surface area contributed by atoms with E-state index >= 15 is 0 Å². The van der Waals surface area contributed by atoms with Gasteiger partial charge in [-0.25, -0.2) is 0 Å². The van der Waals surface area contributed by atoms with Crippen molar-refractivity contribution in [2.75, 3.05) is 26.4 Å². The molecule has 0 amide bonds. The van der Waals surface area contributed by atoms with Gasteiger partial charge in [-0.05, 0) is 43.4 Å². The summed E-state index contributed by atoms with van der Waals surface area (Å²) in [5.41, 5.74) is 1.32. The van der Waals surface area contributed by atoms with E-state index in [4.69, 9.17) is 9.47 Å². The molecule has 0 bridgehead atoms. The summed E-state index contributed by atoms with van der Waals surface area (Å²) >= 11 is 0. The highest BCUT2D eigenvalue weighted by Crippen LogP contribution is 2.29. The van der Waals surface area contributed by atoms with Crippen LogP contribution in [-0.4, -0.2) is 38.4 Å². The minimum Gasteiger partial charge on any atom is -0.494 e. The number of rotatable bonds is 6. The lowest BCUT2D eigenvalue weighted by molar-refractivity contribution is 0.0524. The summed E-state index contributed by atoms with van der Waals surface area (Å²) in [6.07, 6.45) is 3.91. The Morgan fingerprint density at radius 1 is 1.26 bits per heavy atom. The molecule has 130 valence electrons. The van der Waals surface area contributed by atoms with Gasteiger partial charge in [0.25, 0.3) is 0 Å². The average molecular weight is 341 g/mol. The van der Waals surface area contributed by atoms with Crippen molar-refractivity contribution in [1.29, 1.82) is 0 Å². The van der Waals surface area contributed by atoms with Crippen LogP contribution in [0, 0.1) is 5.92 Å². The highest BCUT2D eigenvalue weighted by atomic mass is 35.5. The van der Waals surface area contributed by atoms with Gasteiger partial charge < -0.3 is 20.1 Å². The number of nitrogens with one attached hydrogen (secondary N) is 2. The summed E-state index contributed by atoms with van der Waals surface area (Å²) in [4.78, 5) is 0. The Hall–Kier alpha value is -0.810. The monoisotopic (exact) mass is 340 g/mol. The molecule has 1 aromatic carbocycles. The van der Waals surface area contributed by atoms with Crippen LogP contribution in [0.3, 0.4) is 0 Å². The molecular weight excluding hydrogens is 312 g/mol. The van der Waals surface area contributed by atoms with Gasteiger partial charge in [-0.1, -0.05) is 18.6 Å². The lowest BCUT2D eigenvalue weighted by atomic mass is 9.94. The summed E-state index contributed by atoms with van der Waals surface area (Å²) in [7, 11) is 0. The van der Waals surface area contributed by atoms with Crippen molar-refractivity contribution in [3.8, 4) is 5.75 Å². The van der Waals surface area contributed by atoms with Crippen LogP contribution >= 0.6 is 12.4 Å². The molecule has 0 radical (unpaired) electrons. The molecule has 23 heavy (non-hydrogen) atoms. The van der Waals surface area contributed by atoms with Gasteiger partial charge in [0, 0.05) is 25.2 Å². The third-order valence-electron chi connectivity index (χ3n) is 4.84. The molecule has 3 rings (SSSR count). The van der Waals surface area contributed by atoms with Crippen LogP contribution in [0.1, 0.15) is 31.7 Å². The maximum Gasteiger partial charge on any atom is 0.119 e. The molecule has 2 N–H and O–H groups in total. The number of halogens is 1. The van der Waals surface area contributed by atoms with E-state index in [1.54, 1.807) is 0 Å². The first-order chi connectivity index (χ1) is 10.9. The molecule has 1 aliphatic carbocycles. The molecular formula is C18H29ClN2O2. The second kappa shape index (κ2) is 9.48. The molecule has 3 unspecified atom stereocenters. The molecule has 1 aromatic rings. The fourth-order valence-electron chi connectivity index (χ4n) is 3.70. The fourth-order valence-corrected chi connectivity index (χ4v) is 3.70. The van der Waals surface area contributed by atoms with Crippen LogP contribution in [0.5, 0.6) is 5.75 Å². The van der Waals surface area contributed by atoms with Crippen molar-refractivity contribution in [3.05, 3.63) is 29.8 Å². The molecule has 0 spiro atoms. The first-order valence-corrected chi connectivity index (χ1v) is 8.63. The molecule has 4 nitrogen and oxygen atoms in total. The van der Waals surface area contributed by atoms with Gasteiger partial charge in [-0.3, -0.25) is 0 Å². The Morgan fingerprint density at radius 2 is 2.09 bits per heavy atom. The molecule has 1 saturated carbocycles. The quantitative estimate of drug-likeness (QED) is 0.835. The molecule has 2 aliphatic rings. The first kappa shape index (κ1) is 18.5. The van der Waals surface area contributed by atoms with Gasteiger partial charge in [0.15, 0.2) is 0 Å². The third-order valence-corrected chi connectivity index (χ3v) is 4.84. The zero-order valence-corrected chi connectivity index (χ0v) is 14.7. The van der Waals surface area contributed by atoms with Crippen molar-refractivity contribution >= 4 is 12.4 Å². The van der Waals surface area contributed by atoms with Crippen molar-refractivity contribution in [3.63, 3.8) is 0 Å². The summed E-state index contributed by atoms with van der Waals surface area (Å²) in [5.74, 6) is 1.65. The topological polar surface area (TPSA) is 42.5 Å². The van der Waals surface area contributed by atoms with Crippen LogP contribution in [0.15, 0.2) is 24.3 Å². The number of ether oxygens (including phenoxy) is 2. The number of hydrogen-bond acceptors (Lipinski definition) is 4.